The maximum Gasteiger partial charge on any atom is 0.238 e. The van der Waals surface area contributed by atoms with Crippen LogP contribution >= 0.6 is 0 Å². The summed E-state index contributed by atoms with van der Waals surface area (Å²) in [6.45, 7) is 5.77. The van der Waals surface area contributed by atoms with Gasteiger partial charge in [-0.15, -0.1) is 0 Å². The van der Waals surface area contributed by atoms with Gasteiger partial charge in [-0.3, -0.25) is 14.5 Å². The van der Waals surface area contributed by atoms with Crippen LogP contribution in [-0.2, 0) is 4.79 Å². The molecular weight excluding hydrogens is 292 g/mol. The average molecular weight is 318 g/mol. The highest BCUT2D eigenvalue weighted by Crippen LogP contribution is 2.34. The molecule has 2 N–H and O–H groups in total. The fraction of sp³-hybridized carbons (Fsp3) is 0.556. The van der Waals surface area contributed by atoms with Gasteiger partial charge < -0.3 is 10.4 Å². The molecule has 0 radical (unpaired) electrons. The summed E-state index contributed by atoms with van der Waals surface area (Å²) in [6, 6.07) is 7.06. The molecule has 1 aromatic carbocycles. The fourth-order valence-electron chi connectivity index (χ4n) is 3.10. The van der Waals surface area contributed by atoms with E-state index < -0.39 is 0 Å². The first-order chi connectivity index (χ1) is 11.0. The smallest absolute Gasteiger partial charge is 0.238 e. The summed E-state index contributed by atoms with van der Waals surface area (Å²) in [4.78, 5) is 25.9. The number of piperidine rings is 1. The SMILES string of the molecule is CCC1(CO)CCN(CC(=O)Nc2ccccc2C(C)=O)CC1. The number of ketones is 1. The Bertz CT molecular complexity index is 557. The minimum atomic E-state index is -0.105. The Morgan fingerprint density at radius 2 is 1.91 bits per heavy atom. The number of aliphatic hydroxyl groups excluding tert-OH is 1. The van der Waals surface area contributed by atoms with Crippen molar-refractivity contribution in [3.63, 3.8) is 0 Å². The molecule has 2 rings (SSSR count). The standard InChI is InChI=1S/C18H26N2O3/c1-3-18(13-21)8-10-20(11-9-18)12-17(23)19-16-7-5-4-6-15(16)14(2)22/h4-7,21H,3,8-13H2,1-2H3,(H,19,23). The summed E-state index contributed by atoms with van der Waals surface area (Å²) in [5.74, 6) is -0.166. The van der Waals surface area contributed by atoms with Gasteiger partial charge in [0.1, 0.15) is 0 Å². The van der Waals surface area contributed by atoms with E-state index in [4.69, 9.17) is 0 Å². The molecule has 0 unspecified atom stereocenters. The lowest BCUT2D eigenvalue weighted by molar-refractivity contribution is -0.118. The first kappa shape index (κ1) is 17.6. The van der Waals surface area contributed by atoms with Crippen LogP contribution in [0.15, 0.2) is 24.3 Å². The van der Waals surface area contributed by atoms with Crippen LogP contribution in [0.25, 0.3) is 0 Å². The molecule has 0 bridgehead atoms. The van der Waals surface area contributed by atoms with E-state index >= 15 is 0 Å². The topological polar surface area (TPSA) is 69.6 Å². The maximum absolute atomic E-state index is 12.2. The number of nitrogens with zero attached hydrogens (tertiary/aromatic N) is 1. The van der Waals surface area contributed by atoms with Crippen molar-refractivity contribution in [2.75, 3.05) is 31.6 Å². The molecule has 5 heteroatoms. The summed E-state index contributed by atoms with van der Waals surface area (Å²) in [7, 11) is 0. The van der Waals surface area contributed by atoms with Gasteiger partial charge in [-0.1, -0.05) is 19.1 Å². The average Bonchev–Trinajstić information content (AvgIpc) is 2.56. The second kappa shape index (κ2) is 7.70. The fourth-order valence-corrected chi connectivity index (χ4v) is 3.10. The zero-order chi connectivity index (χ0) is 16.9. The Kier molecular flexibility index (Phi) is 5.91. The highest BCUT2D eigenvalue weighted by molar-refractivity contribution is 6.04. The van der Waals surface area contributed by atoms with Crippen molar-refractivity contribution in [2.45, 2.75) is 33.1 Å². The van der Waals surface area contributed by atoms with Gasteiger partial charge >= 0.3 is 0 Å². The van der Waals surface area contributed by atoms with Crippen LogP contribution < -0.4 is 5.32 Å². The Labute approximate surface area is 137 Å². The van der Waals surface area contributed by atoms with Gasteiger partial charge in [0.2, 0.25) is 5.91 Å². The van der Waals surface area contributed by atoms with E-state index in [-0.39, 0.29) is 23.7 Å². The molecule has 5 nitrogen and oxygen atoms in total. The molecule has 1 fully saturated rings. The zero-order valence-electron chi connectivity index (χ0n) is 14.0. The van der Waals surface area contributed by atoms with Gasteiger partial charge in [0.05, 0.1) is 12.2 Å². The van der Waals surface area contributed by atoms with Gasteiger partial charge in [-0.25, -0.2) is 0 Å². The van der Waals surface area contributed by atoms with Crippen LogP contribution in [0.4, 0.5) is 5.69 Å². The van der Waals surface area contributed by atoms with E-state index in [9.17, 15) is 14.7 Å². The van der Waals surface area contributed by atoms with Crippen molar-refractivity contribution in [3.05, 3.63) is 29.8 Å². The molecule has 1 aliphatic heterocycles. The largest absolute Gasteiger partial charge is 0.396 e. The predicted molar refractivity (Wildman–Crippen MR) is 90.6 cm³/mol. The van der Waals surface area contributed by atoms with Crippen LogP contribution in [0.5, 0.6) is 0 Å². The second-order valence-electron chi connectivity index (χ2n) is 6.44. The van der Waals surface area contributed by atoms with E-state index in [0.717, 1.165) is 32.4 Å². The molecule has 1 heterocycles. The first-order valence-corrected chi connectivity index (χ1v) is 8.23. The quantitative estimate of drug-likeness (QED) is 0.790. The predicted octanol–water partition coefficient (Wildman–Crippen LogP) is 2.31. The molecule has 1 aliphatic rings. The molecule has 0 aromatic heterocycles. The van der Waals surface area contributed by atoms with Crippen LogP contribution in [0.1, 0.15) is 43.5 Å². The summed E-state index contributed by atoms with van der Waals surface area (Å²) in [5, 5.41) is 12.4. The minimum absolute atomic E-state index is 0.0220. The number of likely N-dealkylation sites (tertiary alicyclic amines) is 1. The van der Waals surface area contributed by atoms with Crippen LogP contribution in [0.3, 0.4) is 0 Å². The van der Waals surface area contributed by atoms with E-state index in [1.165, 1.54) is 6.92 Å². The van der Waals surface area contributed by atoms with Crippen molar-refractivity contribution in [1.29, 1.82) is 0 Å². The molecule has 0 aliphatic carbocycles. The third-order valence-corrected chi connectivity index (χ3v) is 4.95. The molecule has 1 amide bonds. The number of aliphatic hydroxyl groups is 1. The first-order valence-electron chi connectivity index (χ1n) is 8.23. The highest BCUT2D eigenvalue weighted by Gasteiger charge is 2.32. The summed E-state index contributed by atoms with van der Waals surface area (Å²) >= 11 is 0. The van der Waals surface area contributed by atoms with Gasteiger partial charge in [0, 0.05) is 12.2 Å². The lowest BCUT2D eigenvalue weighted by Crippen LogP contribution is -2.44. The normalized spacial score (nSPS) is 17.7. The Morgan fingerprint density at radius 3 is 2.48 bits per heavy atom. The summed E-state index contributed by atoms with van der Waals surface area (Å²) < 4.78 is 0. The van der Waals surface area contributed by atoms with Crippen molar-refractivity contribution in [2.24, 2.45) is 5.41 Å². The molecule has 0 atom stereocenters. The number of nitrogens with one attached hydrogen (secondary N) is 1. The van der Waals surface area contributed by atoms with Gasteiger partial charge in [0.25, 0.3) is 0 Å². The number of para-hydroxylation sites is 1. The third kappa shape index (κ3) is 4.39. The molecular formula is C18H26N2O3. The monoisotopic (exact) mass is 318 g/mol. The van der Waals surface area contributed by atoms with Crippen LogP contribution in [-0.4, -0.2) is 47.9 Å². The Hall–Kier alpha value is -1.72. The molecule has 126 valence electrons. The van der Waals surface area contributed by atoms with Crippen molar-refractivity contribution in [3.8, 4) is 0 Å². The number of carbonyl (C=O) groups is 2. The number of anilines is 1. The number of benzene rings is 1. The van der Waals surface area contributed by atoms with Gasteiger partial charge in [-0.2, -0.15) is 0 Å². The van der Waals surface area contributed by atoms with Gasteiger partial charge in [0.15, 0.2) is 5.78 Å². The Morgan fingerprint density at radius 1 is 1.26 bits per heavy atom. The number of rotatable bonds is 6. The van der Waals surface area contributed by atoms with E-state index in [0.29, 0.717) is 17.8 Å². The number of Topliss-reactive ketones (excluding diaryl/α,β-unsaturated/α-hetero) is 1. The van der Waals surface area contributed by atoms with E-state index in [2.05, 4.69) is 17.1 Å². The number of hydrogen-bond acceptors (Lipinski definition) is 4. The number of hydrogen-bond donors (Lipinski definition) is 2. The van der Waals surface area contributed by atoms with Crippen molar-refractivity contribution >= 4 is 17.4 Å². The van der Waals surface area contributed by atoms with Crippen molar-refractivity contribution in [1.82, 2.24) is 4.90 Å². The zero-order valence-corrected chi connectivity index (χ0v) is 14.0. The lowest BCUT2D eigenvalue weighted by atomic mass is 9.77. The maximum atomic E-state index is 12.2. The van der Waals surface area contributed by atoms with E-state index in [1.54, 1.807) is 24.3 Å². The lowest BCUT2D eigenvalue weighted by Gasteiger charge is -2.39. The van der Waals surface area contributed by atoms with Crippen LogP contribution in [0.2, 0.25) is 0 Å². The van der Waals surface area contributed by atoms with E-state index in [1.807, 2.05) is 0 Å². The molecule has 23 heavy (non-hydrogen) atoms. The second-order valence-corrected chi connectivity index (χ2v) is 6.44. The number of amides is 1. The minimum Gasteiger partial charge on any atom is -0.396 e. The third-order valence-electron chi connectivity index (χ3n) is 4.95. The molecule has 1 aromatic rings. The molecule has 0 spiro atoms. The summed E-state index contributed by atoms with van der Waals surface area (Å²) in [6.07, 6.45) is 2.80. The number of carbonyl (C=O) groups excluding carboxylic acids is 2. The van der Waals surface area contributed by atoms with Gasteiger partial charge in [-0.05, 0) is 56.8 Å². The van der Waals surface area contributed by atoms with Crippen molar-refractivity contribution < 1.29 is 14.7 Å². The molecule has 1 saturated heterocycles. The molecule has 0 saturated carbocycles. The highest BCUT2D eigenvalue weighted by atomic mass is 16.3. The van der Waals surface area contributed by atoms with Crippen LogP contribution in [0, 0.1) is 5.41 Å². The Balaban J connectivity index is 1.91. The summed E-state index contributed by atoms with van der Waals surface area (Å²) in [5.41, 5.74) is 1.12.